The Labute approximate surface area is 157 Å². The molecule has 1 atom stereocenters. The molecule has 0 spiro atoms. The molecule has 1 unspecified atom stereocenters. The Morgan fingerprint density at radius 2 is 2.00 bits per heavy atom. The standard InChI is InChI=1S/C18H19ClN2O4S/c1-12-6-7-15(25-2)16(10-12)26(23,24)21-9-8-20-18(22)17(21)13-4-3-5-14(19)11-13/h3-7,10-11,17H,8-9H2,1-2H3,(H,20,22). The van der Waals surface area contributed by atoms with Gasteiger partial charge in [0.1, 0.15) is 16.7 Å². The fraction of sp³-hybridized carbons (Fsp3) is 0.278. The van der Waals surface area contributed by atoms with Gasteiger partial charge in [0.2, 0.25) is 15.9 Å². The molecule has 1 amide bonds. The van der Waals surface area contributed by atoms with Crippen molar-refractivity contribution < 1.29 is 17.9 Å². The van der Waals surface area contributed by atoms with Crippen LogP contribution in [-0.4, -0.2) is 38.8 Å². The molecule has 8 heteroatoms. The molecule has 0 bridgehead atoms. The number of piperazine rings is 1. The van der Waals surface area contributed by atoms with Gasteiger partial charge in [0.15, 0.2) is 0 Å². The first-order chi connectivity index (χ1) is 12.3. The Morgan fingerprint density at radius 1 is 1.23 bits per heavy atom. The molecule has 26 heavy (non-hydrogen) atoms. The highest BCUT2D eigenvalue weighted by Crippen LogP contribution is 2.34. The molecule has 2 aromatic rings. The molecule has 6 nitrogen and oxygen atoms in total. The van der Waals surface area contributed by atoms with E-state index in [1.54, 1.807) is 49.4 Å². The summed E-state index contributed by atoms with van der Waals surface area (Å²) in [6.07, 6.45) is 0. The number of ether oxygens (including phenoxy) is 1. The normalized spacial score (nSPS) is 18.4. The van der Waals surface area contributed by atoms with Gasteiger partial charge < -0.3 is 10.1 Å². The number of benzene rings is 2. The Balaban J connectivity index is 2.13. The molecule has 0 aromatic heterocycles. The molecule has 0 radical (unpaired) electrons. The molecule has 0 saturated carbocycles. The van der Waals surface area contributed by atoms with E-state index in [2.05, 4.69) is 5.32 Å². The van der Waals surface area contributed by atoms with Crippen LogP contribution in [0, 0.1) is 6.92 Å². The number of methoxy groups -OCH3 is 1. The average Bonchev–Trinajstić information content (AvgIpc) is 2.61. The van der Waals surface area contributed by atoms with Crippen molar-refractivity contribution in [2.24, 2.45) is 0 Å². The van der Waals surface area contributed by atoms with Crippen molar-refractivity contribution in [1.29, 1.82) is 0 Å². The predicted octanol–water partition coefficient (Wildman–Crippen LogP) is 2.52. The number of hydrogen-bond donors (Lipinski definition) is 1. The number of carbonyl (C=O) groups is 1. The predicted molar refractivity (Wildman–Crippen MR) is 98.8 cm³/mol. The molecule has 1 aliphatic heterocycles. The highest BCUT2D eigenvalue weighted by molar-refractivity contribution is 7.89. The lowest BCUT2D eigenvalue weighted by Crippen LogP contribution is -2.52. The van der Waals surface area contributed by atoms with Crippen LogP contribution in [0.2, 0.25) is 5.02 Å². The minimum atomic E-state index is -3.97. The minimum absolute atomic E-state index is 0.0433. The second-order valence-electron chi connectivity index (χ2n) is 6.02. The number of aryl methyl sites for hydroxylation is 1. The summed E-state index contributed by atoms with van der Waals surface area (Å²) in [5, 5.41) is 3.16. The summed E-state index contributed by atoms with van der Waals surface area (Å²) < 4.78 is 33.2. The number of hydrogen-bond acceptors (Lipinski definition) is 4. The lowest BCUT2D eigenvalue weighted by Gasteiger charge is -2.34. The van der Waals surface area contributed by atoms with Crippen molar-refractivity contribution in [2.75, 3.05) is 20.2 Å². The summed E-state index contributed by atoms with van der Waals surface area (Å²) in [6.45, 7) is 2.20. The third kappa shape index (κ3) is 3.42. The monoisotopic (exact) mass is 394 g/mol. The van der Waals surface area contributed by atoms with Gasteiger partial charge in [0, 0.05) is 18.1 Å². The zero-order valence-corrected chi connectivity index (χ0v) is 16.0. The van der Waals surface area contributed by atoms with Crippen molar-refractivity contribution in [3.8, 4) is 5.75 Å². The third-order valence-corrected chi connectivity index (χ3v) is 6.36. The Hall–Kier alpha value is -2.09. The average molecular weight is 395 g/mol. The number of amides is 1. The first kappa shape index (κ1) is 18.7. The largest absolute Gasteiger partial charge is 0.495 e. The number of sulfonamides is 1. The smallest absolute Gasteiger partial charge is 0.247 e. The summed E-state index contributed by atoms with van der Waals surface area (Å²) in [5.74, 6) is -0.139. The minimum Gasteiger partial charge on any atom is -0.495 e. The van der Waals surface area contributed by atoms with Gasteiger partial charge in [-0.05, 0) is 42.3 Å². The van der Waals surface area contributed by atoms with E-state index in [0.29, 0.717) is 10.6 Å². The van der Waals surface area contributed by atoms with E-state index in [4.69, 9.17) is 16.3 Å². The number of carbonyl (C=O) groups excluding carboxylic acids is 1. The zero-order valence-electron chi connectivity index (χ0n) is 14.4. The molecule has 1 fully saturated rings. The SMILES string of the molecule is COc1ccc(C)cc1S(=O)(=O)N1CCNC(=O)C1c1cccc(Cl)c1. The molecule has 3 rings (SSSR count). The molecule has 1 saturated heterocycles. The van der Waals surface area contributed by atoms with Gasteiger partial charge in [-0.25, -0.2) is 8.42 Å². The molecule has 0 aliphatic carbocycles. The summed E-state index contributed by atoms with van der Waals surface area (Å²) in [4.78, 5) is 12.6. The van der Waals surface area contributed by atoms with Crippen molar-refractivity contribution in [1.82, 2.24) is 9.62 Å². The van der Waals surface area contributed by atoms with Crippen LogP contribution in [0.3, 0.4) is 0 Å². The molecule has 1 aliphatic rings. The Morgan fingerprint density at radius 3 is 2.69 bits per heavy atom. The summed E-state index contributed by atoms with van der Waals surface area (Å²) in [5.41, 5.74) is 1.30. The quantitative estimate of drug-likeness (QED) is 0.864. The second kappa shape index (κ2) is 7.26. The number of nitrogens with one attached hydrogen (secondary N) is 1. The van der Waals surface area contributed by atoms with E-state index in [-0.39, 0.29) is 29.6 Å². The fourth-order valence-corrected chi connectivity index (χ4v) is 5.03. The van der Waals surface area contributed by atoms with Gasteiger partial charge in [-0.1, -0.05) is 29.8 Å². The van der Waals surface area contributed by atoms with Crippen molar-refractivity contribution >= 4 is 27.5 Å². The zero-order chi connectivity index (χ0) is 18.9. The maximum absolute atomic E-state index is 13.4. The van der Waals surface area contributed by atoms with E-state index >= 15 is 0 Å². The fourth-order valence-electron chi connectivity index (χ4n) is 3.01. The molecule has 138 valence electrons. The van der Waals surface area contributed by atoms with Gasteiger partial charge in [-0.3, -0.25) is 4.79 Å². The second-order valence-corrected chi connectivity index (χ2v) is 8.31. The highest BCUT2D eigenvalue weighted by Gasteiger charge is 2.40. The van der Waals surface area contributed by atoms with Crippen LogP contribution in [0.1, 0.15) is 17.2 Å². The van der Waals surface area contributed by atoms with Crippen LogP contribution < -0.4 is 10.1 Å². The topological polar surface area (TPSA) is 75.7 Å². The van der Waals surface area contributed by atoms with Crippen LogP contribution in [0.4, 0.5) is 0 Å². The van der Waals surface area contributed by atoms with Crippen LogP contribution in [-0.2, 0) is 14.8 Å². The summed E-state index contributed by atoms with van der Waals surface area (Å²) in [6, 6.07) is 10.6. The van der Waals surface area contributed by atoms with E-state index in [0.717, 1.165) is 5.56 Å². The molecule has 1 N–H and O–H groups in total. The van der Waals surface area contributed by atoms with Crippen molar-refractivity contribution in [2.45, 2.75) is 17.9 Å². The highest BCUT2D eigenvalue weighted by atomic mass is 35.5. The molecular formula is C18H19ClN2O4S. The van der Waals surface area contributed by atoms with E-state index in [1.807, 2.05) is 0 Å². The van der Waals surface area contributed by atoms with E-state index in [1.165, 1.54) is 11.4 Å². The third-order valence-electron chi connectivity index (χ3n) is 4.24. The maximum atomic E-state index is 13.4. The lowest BCUT2D eigenvalue weighted by atomic mass is 10.0. The van der Waals surface area contributed by atoms with Crippen LogP contribution >= 0.6 is 11.6 Å². The summed E-state index contributed by atoms with van der Waals surface area (Å²) >= 11 is 6.04. The number of rotatable bonds is 4. The van der Waals surface area contributed by atoms with Gasteiger partial charge in [-0.15, -0.1) is 0 Å². The first-order valence-electron chi connectivity index (χ1n) is 8.04. The van der Waals surface area contributed by atoms with Gasteiger partial charge in [0.25, 0.3) is 0 Å². The van der Waals surface area contributed by atoms with Gasteiger partial charge in [-0.2, -0.15) is 4.31 Å². The van der Waals surface area contributed by atoms with Crippen LogP contribution in [0.25, 0.3) is 0 Å². The van der Waals surface area contributed by atoms with Gasteiger partial charge in [0.05, 0.1) is 7.11 Å². The number of halogens is 1. The van der Waals surface area contributed by atoms with Gasteiger partial charge >= 0.3 is 0 Å². The van der Waals surface area contributed by atoms with Crippen LogP contribution in [0.5, 0.6) is 5.75 Å². The Kier molecular flexibility index (Phi) is 5.22. The van der Waals surface area contributed by atoms with Crippen molar-refractivity contribution in [3.63, 3.8) is 0 Å². The number of nitrogens with zero attached hydrogens (tertiary/aromatic N) is 1. The van der Waals surface area contributed by atoms with Crippen LogP contribution in [0.15, 0.2) is 47.4 Å². The first-order valence-corrected chi connectivity index (χ1v) is 9.86. The van der Waals surface area contributed by atoms with E-state index in [9.17, 15) is 13.2 Å². The molecule has 2 aromatic carbocycles. The Bertz CT molecular complexity index is 946. The molecular weight excluding hydrogens is 376 g/mol. The molecule has 1 heterocycles. The lowest BCUT2D eigenvalue weighted by molar-refractivity contribution is -0.126. The summed E-state index contributed by atoms with van der Waals surface area (Å²) in [7, 11) is -2.55. The maximum Gasteiger partial charge on any atom is 0.247 e. The van der Waals surface area contributed by atoms with Crippen molar-refractivity contribution in [3.05, 3.63) is 58.6 Å². The van der Waals surface area contributed by atoms with E-state index < -0.39 is 16.1 Å².